The molecule has 0 unspecified atom stereocenters. The second-order valence-corrected chi connectivity index (χ2v) is 9.14. The summed E-state index contributed by atoms with van der Waals surface area (Å²) in [4.78, 5) is 26.8. The van der Waals surface area contributed by atoms with E-state index in [2.05, 4.69) is 35.2 Å². The van der Waals surface area contributed by atoms with Crippen LogP contribution in [0.2, 0.25) is 0 Å². The van der Waals surface area contributed by atoms with Gasteiger partial charge >= 0.3 is 0 Å². The average molecular weight is 415 g/mol. The number of nitrogens with one attached hydrogen (secondary N) is 1. The van der Waals surface area contributed by atoms with E-state index in [1.54, 1.807) is 12.4 Å². The first-order valence-electron chi connectivity index (χ1n) is 10.8. The largest absolute Gasteiger partial charge is 0.363 e. The first-order valence-corrected chi connectivity index (χ1v) is 10.8. The standard InChI is InChI=1S/C25H26N4O2/c1-25(2)13-20-19(15-27-23(28-20)17-7-10-26-11-8-17)21(14-25)29-24(30)22-18-6-4-3-5-16(18)9-12-31-22/h3-8,10-11,15,21-22H,9,12-14H2,1-2H3,(H,29,30)/t21-,22-/m1/s1. The molecule has 6 heteroatoms. The highest BCUT2D eigenvalue weighted by atomic mass is 16.5. The van der Waals surface area contributed by atoms with Crippen molar-refractivity contribution in [2.45, 2.75) is 45.3 Å². The number of rotatable bonds is 3. The minimum Gasteiger partial charge on any atom is -0.363 e. The van der Waals surface area contributed by atoms with Crippen molar-refractivity contribution in [3.8, 4) is 11.4 Å². The lowest BCUT2D eigenvalue weighted by Gasteiger charge is -2.37. The van der Waals surface area contributed by atoms with Crippen LogP contribution in [0.15, 0.2) is 55.0 Å². The van der Waals surface area contributed by atoms with E-state index in [0.29, 0.717) is 12.4 Å². The van der Waals surface area contributed by atoms with Crippen LogP contribution in [0.4, 0.5) is 0 Å². The molecule has 5 rings (SSSR count). The second kappa shape index (κ2) is 7.85. The number of carbonyl (C=O) groups excluding carboxylic acids is 1. The number of fused-ring (bicyclic) bond motifs is 2. The molecule has 2 atom stereocenters. The third kappa shape index (κ3) is 3.95. The number of nitrogens with zero attached hydrogens (tertiary/aromatic N) is 3. The van der Waals surface area contributed by atoms with Crippen LogP contribution < -0.4 is 5.32 Å². The zero-order valence-electron chi connectivity index (χ0n) is 17.8. The summed E-state index contributed by atoms with van der Waals surface area (Å²) in [6.45, 7) is 4.99. The molecule has 2 aliphatic rings. The van der Waals surface area contributed by atoms with Crippen LogP contribution in [0.3, 0.4) is 0 Å². The normalized spacial score (nSPS) is 21.6. The van der Waals surface area contributed by atoms with E-state index < -0.39 is 6.10 Å². The molecule has 158 valence electrons. The first kappa shape index (κ1) is 19.8. The van der Waals surface area contributed by atoms with E-state index in [1.165, 1.54) is 5.56 Å². The summed E-state index contributed by atoms with van der Waals surface area (Å²) < 4.78 is 5.88. The summed E-state index contributed by atoms with van der Waals surface area (Å²) in [5.41, 5.74) is 5.09. The van der Waals surface area contributed by atoms with Gasteiger partial charge < -0.3 is 10.1 Å². The number of hydrogen-bond donors (Lipinski definition) is 1. The average Bonchev–Trinajstić information content (AvgIpc) is 2.78. The SMILES string of the molecule is CC1(C)Cc2nc(-c3ccncc3)ncc2[C@H](NC(=O)[C@@H]2OCCc3ccccc32)C1. The van der Waals surface area contributed by atoms with Gasteiger partial charge in [-0.25, -0.2) is 9.97 Å². The van der Waals surface area contributed by atoms with E-state index in [-0.39, 0.29) is 17.4 Å². The van der Waals surface area contributed by atoms with Crippen molar-refractivity contribution in [2.75, 3.05) is 6.61 Å². The molecule has 2 aromatic heterocycles. The summed E-state index contributed by atoms with van der Waals surface area (Å²) >= 11 is 0. The predicted octanol–water partition coefficient (Wildman–Crippen LogP) is 3.98. The van der Waals surface area contributed by atoms with Crippen LogP contribution in [0.5, 0.6) is 0 Å². The van der Waals surface area contributed by atoms with Crippen LogP contribution in [0, 0.1) is 5.41 Å². The molecule has 1 aliphatic heterocycles. The molecule has 0 fully saturated rings. The minimum atomic E-state index is -0.574. The second-order valence-electron chi connectivity index (χ2n) is 9.14. The van der Waals surface area contributed by atoms with Crippen molar-refractivity contribution >= 4 is 5.91 Å². The molecule has 31 heavy (non-hydrogen) atoms. The van der Waals surface area contributed by atoms with Gasteiger partial charge in [0.1, 0.15) is 0 Å². The smallest absolute Gasteiger partial charge is 0.254 e. The Morgan fingerprint density at radius 2 is 1.94 bits per heavy atom. The molecular weight excluding hydrogens is 388 g/mol. The Bertz CT molecular complexity index is 1110. The van der Waals surface area contributed by atoms with Gasteiger partial charge in [-0.05, 0) is 47.9 Å². The Balaban J connectivity index is 1.44. The number of carbonyl (C=O) groups is 1. The van der Waals surface area contributed by atoms with Gasteiger partial charge in [0.2, 0.25) is 0 Å². The topological polar surface area (TPSA) is 77.0 Å². The van der Waals surface area contributed by atoms with E-state index in [0.717, 1.165) is 41.6 Å². The Morgan fingerprint density at radius 1 is 1.13 bits per heavy atom. The van der Waals surface area contributed by atoms with Gasteiger partial charge in [-0.1, -0.05) is 38.1 Å². The number of benzene rings is 1. The number of amides is 1. The van der Waals surface area contributed by atoms with Crippen LogP contribution in [-0.2, 0) is 22.4 Å². The van der Waals surface area contributed by atoms with E-state index in [1.807, 2.05) is 36.5 Å². The van der Waals surface area contributed by atoms with Crippen molar-refractivity contribution in [2.24, 2.45) is 5.41 Å². The third-order valence-electron chi connectivity index (χ3n) is 6.16. The summed E-state index contributed by atoms with van der Waals surface area (Å²) in [6.07, 6.45) is 7.30. The summed E-state index contributed by atoms with van der Waals surface area (Å²) in [5.74, 6) is 0.590. The van der Waals surface area contributed by atoms with Gasteiger partial charge in [0.25, 0.3) is 5.91 Å². The fourth-order valence-corrected chi connectivity index (χ4v) is 4.67. The van der Waals surface area contributed by atoms with Crippen molar-refractivity contribution in [3.05, 3.63) is 77.4 Å². The van der Waals surface area contributed by atoms with Crippen LogP contribution in [0.1, 0.15) is 54.8 Å². The lowest BCUT2D eigenvalue weighted by atomic mass is 9.74. The summed E-state index contributed by atoms with van der Waals surface area (Å²) in [5, 5.41) is 3.25. The Kier molecular flexibility index (Phi) is 5.02. The quantitative estimate of drug-likeness (QED) is 0.701. The Morgan fingerprint density at radius 3 is 2.77 bits per heavy atom. The molecule has 6 nitrogen and oxygen atoms in total. The predicted molar refractivity (Wildman–Crippen MR) is 117 cm³/mol. The molecule has 1 aromatic carbocycles. The molecular formula is C25H26N4O2. The fourth-order valence-electron chi connectivity index (χ4n) is 4.67. The summed E-state index contributed by atoms with van der Waals surface area (Å²) in [7, 11) is 0. The number of aromatic nitrogens is 3. The monoisotopic (exact) mass is 414 g/mol. The Hall–Kier alpha value is -3.12. The van der Waals surface area contributed by atoms with Gasteiger partial charge in [0, 0.05) is 29.7 Å². The van der Waals surface area contributed by atoms with Crippen molar-refractivity contribution < 1.29 is 9.53 Å². The number of hydrogen-bond acceptors (Lipinski definition) is 5. The van der Waals surface area contributed by atoms with Crippen molar-refractivity contribution in [1.82, 2.24) is 20.3 Å². The molecule has 3 aromatic rings. The molecule has 0 saturated carbocycles. The van der Waals surface area contributed by atoms with E-state index >= 15 is 0 Å². The number of ether oxygens (including phenoxy) is 1. The molecule has 0 spiro atoms. The van der Waals surface area contributed by atoms with Crippen LogP contribution in [0.25, 0.3) is 11.4 Å². The zero-order chi connectivity index (χ0) is 21.4. The number of pyridine rings is 1. The lowest BCUT2D eigenvalue weighted by molar-refractivity contribution is -0.135. The summed E-state index contributed by atoms with van der Waals surface area (Å²) in [6, 6.07) is 11.7. The maximum absolute atomic E-state index is 13.3. The molecule has 0 bridgehead atoms. The van der Waals surface area contributed by atoms with E-state index in [9.17, 15) is 4.79 Å². The third-order valence-corrected chi connectivity index (χ3v) is 6.16. The van der Waals surface area contributed by atoms with Gasteiger partial charge in [-0.3, -0.25) is 9.78 Å². The molecule has 1 aliphatic carbocycles. The van der Waals surface area contributed by atoms with Crippen molar-refractivity contribution in [1.29, 1.82) is 0 Å². The highest BCUT2D eigenvalue weighted by molar-refractivity contribution is 5.83. The molecule has 1 amide bonds. The molecule has 0 radical (unpaired) electrons. The van der Waals surface area contributed by atoms with Gasteiger partial charge in [-0.2, -0.15) is 0 Å². The highest BCUT2D eigenvalue weighted by Crippen LogP contribution is 2.41. The lowest BCUT2D eigenvalue weighted by Crippen LogP contribution is -2.40. The van der Waals surface area contributed by atoms with Gasteiger partial charge in [-0.15, -0.1) is 0 Å². The minimum absolute atomic E-state index is 0.0140. The van der Waals surface area contributed by atoms with Crippen LogP contribution >= 0.6 is 0 Å². The van der Waals surface area contributed by atoms with E-state index in [4.69, 9.17) is 9.72 Å². The maximum atomic E-state index is 13.3. The fraction of sp³-hybridized carbons (Fsp3) is 0.360. The molecule has 1 N–H and O–H groups in total. The molecule has 0 saturated heterocycles. The van der Waals surface area contributed by atoms with Crippen molar-refractivity contribution in [3.63, 3.8) is 0 Å². The first-order chi connectivity index (χ1) is 15.0. The highest BCUT2D eigenvalue weighted by Gasteiger charge is 2.36. The zero-order valence-corrected chi connectivity index (χ0v) is 17.8. The van der Waals surface area contributed by atoms with Gasteiger partial charge in [0.15, 0.2) is 11.9 Å². The Labute approximate surface area is 182 Å². The van der Waals surface area contributed by atoms with Gasteiger partial charge in [0.05, 0.1) is 18.3 Å². The molecule has 3 heterocycles. The van der Waals surface area contributed by atoms with Crippen LogP contribution in [-0.4, -0.2) is 27.5 Å². The maximum Gasteiger partial charge on any atom is 0.254 e.